The maximum Gasteiger partial charge on any atom is 0.109 e. The minimum absolute atomic E-state index is 0.206. The predicted octanol–water partition coefficient (Wildman–Crippen LogP) is 2.42. The van der Waals surface area contributed by atoms with Gasteiger partial charge >= 0.3 is 0 Å². The van der Waals surface area contributed by atoms with Crippen molar-refractivity contribution < 1.29 is 5.11 Å². The van der Waals surface area contributed by atoms with E-state index in [1.807, 2.05) is 18.2 Å². The average Bonchev–Trinajstić information content (AvgIpc) is 2.83. The zero-order valence-electron chi connectivity index (χ0n) is 9.71. The lowest BCUT2D eigenvalue weighted by atomic mass is 10.1. The molecule has 1 aliphatic heterocycles. The third kappa shape index (κ3) is 1.87. The lowest BCUT2D eigenvalue weighted by Gasteiger charge is -2.22. The molecule has 0 saturated carbocycles. The van der Waals surface area contributed by atoms with E-state index in [0.29, 0.717) is 0 Å². The van der Waals surface area contributed by atoms with Gasteiger partial charge in [-0.25, -0.2) is 4.98 Å². The Hall–Kier alpha value is -1.61. The molecule has 17 heavy (non-hydrogen) atoms. The van der Waals surface area contributed by atoms with Gasteiger partial charge in [-0.05, 0) is 12.8 Å². The molecule has 1 N–H and O–H groups in total. The summed E-state index contributed by atoms with van der Waals surface area (Å²) in [6.07, 6.45) is 5.26. The van der Waals surface area contributed by atoms with E-state index in [1.54, 1.807) is 0 Å². The molecule has 0 radical (unpaired) electrons. The van der Waals surface area contributed by atoms with Crippen LogP contribution in [0.3, 0.4) is 0 Å². The minimum Gasteiger partial charge on any atom is -0.394 e. The van der Waals surface area contributed by atoms with Gasteiger partial charge < -0.3 is 9.67 Å². The quantitative estimate of drug-likeness (QED) is 0.857. The fourth-order valence-corrected chi connectivity index (χ4v) is 2.50. The molecule has 0 amide bonds. The predicted molar refractivity (Wildman–Crippen MR) is 66.7 cm³/mol. The number of aliphatic hydroxyl groups excluding tert-OH is 1. The molecule has 88 valence electrons. The van der Waals surface area contributed by atoms with E-state index in [0.717, 1.165) is 36.3 Å². The van der Waals surface area contributed by atoms with Gasteiger partial charge in [0.2, 0.25) is 0 Å². The number of aliphatic hydroxyl groups is 1. The topological polar surface area (TPSA) is 38.1 Å². The van der Waals surface area contributed by atoms with Crippen LogP contribution in [-0.4, -0.2) is 21.3 Å². The van der Waals surface area contributed by atoms with Crippen LogP contribution in [0.15, 0.2) is 36.5 Å². The highest BCUT2D eigenvalue weighted by Gasteiger charge is 2.20. The van der Waals surface area contributed by atoms with Crippen LogP contribution >= 0.6 is 0 Å². The van der Waals surface area contributed by atoms with Crippen LogP contribution in [0.25, 0.3) is 11.3 Å². The number of benzene rings is 1. The first-order valence-corrected chi connectivity index (χ1v) is 6.12. The molecule has 2 aromatic rings. The van der Waals surface area contributed by atoms with Crippen LogP contribution in [-0.2, 0) is 6.42 Å². The van der Waals surface area contributed by atoms with Crippen LogP contribution in [0.1, 0.15) is 24.7 Å². The SMILES string of the molecule is OCC1CCCc2nc(-c3ccccc3)cn21. The van der Waals surface area contributed by atoms with Crippen LogP contribution in [0, 0.1) is 0 Å². The van der Waals surface area contributed by atoms with E-state index in [9.17, 15) is 5.11 Å². The molecule has 0 bridgehead atoms. The fourth-order valence-electron chi connectivity index (χ4n) is 2.50. The normalized spacial score (nSPS) is 19.0. The summed E-state index contributed by atoms with van der Waals surface area (Å²) in [5, 5.41) is 9.37. The molecule has 1 atom stereocenters. The second-order valence-corrected chi connectivity index (χ2v) is 4.54. The minimum atomic E-state index is 0.206. The average molecular weight is 228 g/mol. The second-order valence-electron chi connectivity index (χ2n) is 4.54. The first kappa shape index (κ1) is 10.5. The van der Waals surface area contributed by atoms with Gasteiger partial charge in [-0.2, -0.15) is 0 Å². The van der Waals surface area contributed by atoms with Gasteiger partial charge in [0.1, 0.15) is 5.82 Å². The molecule has 1 aromatic heterocycles. The number of hydrogen-bond donors (Lipinski definition) is 1. The number of aromatic nitrogens is 2. The van der Waals surface area contributed by atoms with Gasteiger partial charge in [-0.1, -0.05) is 30.3 Å². The molecular weight excluding hydrogens is 212 g/mol. The Balaban J connectivity index is 2.02. The summed E-state index contributed by atoms with van der Waals surface area (Å²) in [7, 11) is 0. The first-order valence-electron chi connectivity index (χ1n) is 6.12. The summed E-state index contributed by atoms with van der Waals surface area (Å²) in [4.78, 5) is 4.67. The van der Waals surface area contributed by atoms with Crippen molar-refractivity contribution in [2.45, 2.75) is 25.3 Å². The smallest absolute Gasteiger partial charge is 0.109 e. The molecule has 2 heterocycles. The van der Waals surface area contributed by atoms with Crippen molar-refractivity contribution in [1.29, 1.82) is 0 Å². The summed E-state index contributed by atoms with van der Waals surface area (Å²) in [6, 6.07) is 10.4. The van der Waals surface area contributed by atoms with E-state index >= 15 is 0 Å². The number of fused-ring (bicyclic) bond motifs is 1. The van der Waals surface area contributed by atoms with Gasteiger partial charge in [-0.3, -0.25) is 0 Å². The van der Waals surface area contributed by atoms with Crippen molar-refractivity contribution in [2.75, 3.05) is 6.61 Å². The Morgan fingerprint density at radius 3 is 2.88 bits per heavy atom. The van der Waals surface area contributed by atoms with Gasteiger partial charge in [0.15, 0.2) is 0 Å². The molecule has 3 heteroatoms. The number of nitrogens with zero attached hydrogens (tertiary/aromatic N) is 2. The van der Waals surface area contributed by atoms with Crippen molar-refractivity contribution in [3.63, 3.8) is 0 Å². The number of imidazole rings is 1. The van der Waals surface area contributed by atoms with E-state index in [-0.39, 0.29) is 12.6 Å². The largest absolute Gasteiger partial charge is 0.394 e. The molecule has 0 aliphatic carbocycles. The summed E-state index contributed by atoms with van der Waals surface area (Å²) in [6.45, 7) is 0.206. The maximum absolute atomic E-state index is 9.37. The summed E-state index contributed by atoms with van der Waals surface area (Å²) < 4.78 is 2.14. The second kappa shape index (κ2) is 4.34. The molecule has 0 fully saturated rings. The fraction of sp³-hybridized carbons (Fsp3) is 0.357. The zero-order valence-corrected chi connectivity index (χ0v) is 9.71. The van der Waals surface area contributed by atoms with Gasteiger partial charge in [-0.15, -0.1) is 0 Å². The summed E-state index contributed by atoms with van der Waals surface area (Å²) in [5.41, 5.74) is 2.16. The Kier molecular flexibility index (Phi) is 2.69. The highest BCUT2D eigenvalue weighted by Crippen LogP contribution is 2.27. The van der Waals surface area contributed by atoms with Crippen molar-refractivity contribution in [3.8, 4) is 11.3 Å². The van der Waals surface area contributed by atoms with Crippen LogP contribution in [0.4, 0.5) is 0 Å². The lowest BCUT2D eigenvalue weighted by Crippen LogP contribution is -2.20. The third-order valence-corrected chi connectivity index (χ3v) is 3.42. The highest BCUT2D eigenvalue weighted by molar-refractivity contribution is 5.58. The Labute approximate surface area is 101 Å². The molecule has 0 spiro atoms. The van der Waals surface area contributed by atoms with Crippen molar-refractivity contribution in [2.24, 2.45) is 0 Å². The van der Waals surface area contributed by atoms with Crippen molar-refractivity contribution >= 4 is 0 Å². The number of hydrogen-bond acceptors (Lipinski definition) is 2. The Bertz CT molecular complexity index is 504. The number of aryl methyl sites for hydroxylation is 1. The van der Waals surface area contributed by atoms with Crippen LogP contribution in [0.5, 0.6) is 0 Å². The molecular formula is C14H16N2O. The molecule has 3 nitrogen and oxygen atoms in total. The Morgan fingerprint density at radius 1 is 1.29 bits per heavy atom. The number of rotatable bonds is 2. The van der Waals surface area contributed by atoms with Gasteiger partial charge in [0, 0.05) is 18.2 Å². The van der Waals surface area contributed by atoms with E-state index in [1.165, 1.54) is 0 Å². The Morgan fingerprint density at radius 2 is 2.12 bits per heavy atom. The summed E-state index contributed by atoms with van der Waals surface area (Å²) >= 11 is 0. The summed E-state index contributed by atoms with van der Waals surface area (Å²) in [5.74, 6) is 1.11. The molecule has 1 aliphatic rings. The van der Waals surface area contributed by atoms with E-state index in [2.05, 4.69) is 27.9 Å². The zero-order chi connectivity index (χ0) is 11.7. The lowest BCUT2D eigenvalue weighted by molar-refractivity contribution is 0.206. The molecule has 0 saturated heterocycles. The maximum atomic E-state index is 9.37. The molecule has 1 unspecified atom stereocenters. The first-order chi connectivity index (χ1) is 8.38. The van der Waals surface area contributed by atoms with Crippen LogP contribution < -0.4 is 0 Å². The third-order valence-electron chi connectivity index (χ3n) is 3.42. The molecule has 3 rings (SSSR count). The van der Waals surface area contributed by atoms with E-state index in [4.69, 9.17) is 0 Å². The van der Waals surface area contributed by atoms with Gasteiger partial charge in [0.05, 0.1) is 18.3 Å². The van der Waals surface area contributed by atoms with Crippen molar-refractivity contribution in [1.82, 2.24) is 9.55 Å². The molecule has 1 aromatic carbocycles. The standard InChI is InChI=1S/C14H16N2O/c17-10-12-7-4-8-14-15-13(9-16(12)14)11-5-2-1-3-6-11/h1-3,5-6,9,12,17H,4,7-8,10H2. The van der Waals surface area contributed by atoms with Gasteiger partial charge in [0.25, 0.3) is 0 Å². The van der Waals surface area contributed by atoms with Crippen LogP contribution in [0.2, 0.25) is 0 Å². The monoisotopic (exact) mass is 228 g/mol. The van der Waals surface area contributed by atoms with Crippen molar-refractivity contribution in [3.05, 3.63) is 42.4 Å². The highest BCUT2D eigenvalue weighted by atomic mass is 16.3. The van der Waals surface area contributed by atoms with E-state index < -0.39 is 0 Å².